The third-order valence-corrected chi connectivity index (χ3v) is 2.61. The maximum absolute atomic E-state index is 11.3. The average molecular weight is 263 g/mol. The van der Waals surface area contributed by atoms with Crippen molar-refractivity contribution >= 4 is 5.97 Å². The van der Waals surface area contributed by atoms with E-state index in [-0.39, 0.29) is 11.3 Å². The number of carboxylic acids is 1. The number of nitrogens with zero attached hydrogens (tertiary/aromatic N) is 3. The Labute approximate surface area is 109 Å². The number of aromatic nitrogens is 3. The lowest BCUT2D eigenvalue weighted by molar-refractivity contribution is 0.0693. The molecule has 0 amide bonds. The van der Waals surface area contributed by atoms with E-state index in [1.807, 2.05) is 0 Å². The van der Waals surface area contributed by atoms with E-state index in [2.05, 4.69) is 10.2 Å². The van der Waals surface area contributed by atoms with Crippen molar-refractivity contribution in [2.24, 2.45) is 7.05 Å². The second-order valence-corrected chi connectivity index (χ2v) is 3.78. The SMILES string of the molecule is COc1cc(C(=O)O)c(OC)c(-c2cnn(C)n2)c1. The fourth-order valence-corrected chi connectivity index (χ4v) is 1.76. The maximum Gasteiger partial charge on any atom is 0.339 e. The number of hydrogen-bond donors (Lipinski definition) is 1. The van der Waals surface area contributed by atoms with Gasteiger partial charge in [0.1, 0.15) is 22.8 Å². The van der Waals surface area contributed by atoms with Gasteiger partial charge in [0.15, 0.2) is 0 Å². The van der Waals surface area contributed by atoms with E-state index in [0.29, 0.717) is 17.0 Å². The van der Waals surface area contributed by atoms with E-state index in [9.17, 15) is 9.90 Å². The van der Waals surface area contributed by atoms with Crippen LogP contribution in [0, 0.1) is 0 Å². The van der Waals surface area contributed by atoms with E-state index < -0.39 is 5.97 Å². The molecule has 100 valence electrons. The molecule has 0 aliphatic rings. The molecule has 0 saturated carbocycles. The first-order valence-corrected chi connectivity index (χ1v) is 5.42. The second kappa shape index (κ2) is 4.97. The average Bonchev–Trinajstić information content (AvgIpc) is 2.83. The molecule has 0 saturated heterocycles. The molecule has 2 rings (SSSR count). The van der Waals surface area contributed by atoms with Crippen molar-refractivity contribution in [3.63, 3.8) is 0 Å². The zero-order valence-corrected chi connectivity index (χ0v) is 10.7. The minimum absolute atomic E-state index is 0.0162. The van der Waals surface area contributed by atoms with E-state index in [0.717, 1.165) is 0 Å². The van der Waals surface area contributed by atoms with Gasteiger partial charge in [0.05, 0.1) is 26.0 Å². The van der Waals surface area contributed by atoms with E-state index >= 15 is 0 Å². The van der Waals surface area contributed by atoms with Crippen molar-refractivity contribution in [2.75, 3.05) is 14.2 Å². The molecule has 1 aromatic carbocycles. The zero-order chi connectivity index (χ0) is 14.0. The largest absolute Gasteiger partial charge is 0.497 e. The topological polar surface area (TPSA) is 86.5 Å². The molecule has 1 aromatic heterocycles. The van der Waals surface area contributed by atoms with Gasteiger partial charge in [-0.25, -0.2) is 4.79 Å². The standard InChI is InChI=1S/C12H13N3O4/c1-15-13-6-10(14-15)8-4-7(18-2)5-9(12(16)17)11(8)19-3/h4-6H,1-3H3,(H,16,17). The Kier molecular flexibility index (Phi) is 3.37. The summed E-state index contributed by atoms with van der Waals surface area (Å²) in [7, 11) is 4.55. The smallest absolute Gasteiger partial charge is 0.339 e. The number of carboxylic acid groups (broad SMARTS) is 1. The van der Waals surface area contributed by atoms with Crippen molar-refractivity contribution in [1.82, 2.24) is 15.0 Å². The minimum atomic E-state index is -1.10. The van der Waals surface area contributed by atoms with Gasteiger partial charge in [-0.3, -0.25) is 0 Å². The summed E-state index contributed by atoms with van der Waals surface area (Å²) in [5, 5.41) is 17.3. The first kappa shape index (κ1) is 12.9. The van der Waals surface area contributed by atoms with Crippen LogP contribution in [-0.4, -0.2) is 40.3 Å². The number of carbonyl (C=O) groups is 1. The van der Waals surface area contributed by atoms with Crippen LogP contribution >= 0.6 is 0 Å². The summed E-state index contributed by atoms with van der Waals surface area (Å²) >= 11 is 0. The predicted molar refractivity (Wildman–Crippen MR) is 66.5 cm³/mol. The van der Waals surface area contributed by atoms with Gasteiger partial charge in [-0.15, -0.1) is 0 Å². The molecule has 0 atom stereocenters. The van der Waals surface area contributed by atoms with Crippen molar-refractivity contribution in [1.29, 1.82) is 0 Å². The first-order valence-electron chi connectivity index (χ1n) is 5.42. The van der Waals surface area contributed by atoms with Gasteiger partial charge in [-0.2, -0.15) is 15.0 Å². The molecule has 0 spiro atoms. The van der Waals surface area contributed by atoms with Gasteiger partial charge in [0.25, 0.3) is 0 Å². The van der Waals surface area contributed by atoms with Crippen molar-refractivity contribution in [3.8, 4) is 22.8 Å². The summed E-state index contributed by atoms with van der Waals surface area (Å²) in [6.07, 6.45) is 1.53. The summed E-state index contributed by atoms with van der Waals surface area (Å²) < 4.78 is 10.3. The number of benzene rings is 1. The molecule has 0 aliphatic carbocycles. The first-order chi connectivity index (χ1) is 9.06. The van der Waals surface area contributed by atoms with E-state index in [4.69, 9.17) is 9.47 Å². The quantitative estimate of drug-likeness (QED) is 0.891. The van der Waals surface area contributed by atoms with Crippen LogP contribution in [0.15, 0.2) is 18.3 Å². The second-order valence-electron chi connectivity index (χ2n) is 3.78. The van der Waals surface area contributed by atoms with Gasteiger partial charge < -0.3 is 14.6 Å². The maximum atomic E-state index is 11.3. The van der Waals surface area contributed by atoms with Crippen LogP contribution in [0.3, 0.4) is 0 Å². The molecule has 0 fully saturated rings. The Morgan fingerprint density at radius 1 is 1.32 bits per heavy atom. The Balaban J connectivity index is 2.70. The monoisotopic (exact) mass is 263 g/mol. The summed E-state index contributed by atoms with van der Waals surface area (Å²) in [5.41, 5.74) is 1.05. The number of rotatable bonds is 4. The number of hydrogen-bond acceptors (Lipinski definition) is 5. The number of ether oxygens (including phenoxy) is 2. The Hall–Kier alpha value is -2.57. The lowest BCUT2D eigenvalue weighted by Crippen LogP contribution is -2.03. The fourth-order valence-electron chi connectivity index (χ4n) is 1.76. The van der Waals surface area contributed by atoms with Gasteiger partial charge in [0, 0.05) is 7.05 Å². The lowest BCUT2D eigenvalue weighted by atomic mass is 10.1. The summed E-state index contributed by atoms with van der Waals surface area (Å²) in [5.74, 6) is -0.450. The molecule has 1 N–H and O–H groups in total. The van der Waals surface area contributed by atoms with Crippen LogP contribution in [0.25, 0.3) is 11.3 Å². The van der Waals surface area contributed by atoms with Gasteiger partial charge in [0.2, 0.25) is 0 Å². The lowest BCUT2D eigenvalue weighted by Gasteiger charge is -2.11. The third kappa shape index (κ3) is 2.35. The molecular formula is C12H13N3O4. The zero-order valence-electron chi connectivity index (χ0n) is 10.7. The number of aryl methyl sites for hydroxylation is 1. The van der Waals surface area contributed by atoms with E-state index in [1.165, 1.54) is 31.3 Å². The molecule has 1 heterocycles. The minimum Gasteiger partial charge on any atom is -0.497 e. The highest BCUT2D eigenvalue weighted by Gasteiger charge is 2.20. The molecule has 0 radical (unpaired) electrons. The van der Waals surface area contributed by atoms with Crippen LogP contribution in [0.1, 0.15) is 10.4 Å². The van der Waals surface area contributed by atoms with Crippen LogP contribution in [0.2, 0.25) is 0 Å². The van der Waals surface area contributed by atoms with Crippen LogP contribution in [0.5, 0.6) is 11.5 Å². The van der Waals surface area contributed by atoms with E-state index in [1.54, 1.807) is 13.1 Å². The molecule has 19 heavy (non-hydrogen) atoms. The highest BCUT2D eigenvalue weighted by atomic mass is 16.5. The van der Waals surface area contributed by atoms with Crippen LogP contribution in [0.4, 0.5) is 0 Å². The Morgan fingerprint density at radius 2 is 2.05 bits per heavy atom. The number of methoxy groups -OCH3 is 2. The predicted octanol–water partition coefficient (Wildman–Crippen LogP) is 1.20. The Bertz CT molecular complexity index is 621. The Morgan fingerprint density at radius 3 is 2.53 bits per heavy atom. The van der Waals surface area contributed by atoms with Crippen molar-refractivity contribution in [2.45, 2.75) is 0 Å². The fraction of sp³-hybridized carbons (Fsp3) is 0.250. The molecule has 7 nitrogen and oxygen atoms in total. The summed E-state index contributed by atoms with van der Waals surface area (Å²) in [6, 6.07) is 3.07. The number of aromatic carboxylic acids is 1. The summed E-state index contributed by atoms with van der Waals surface area (Å²) in [6.45, 7) is 0. The molecule has 0 aliphatic heterocycles. The normalized spacial score (nSPS) is 10.3. The molecule has 0 unspecified atom stereocenters. The van der Waals surface area contributed by atoms with Gasteiger partial charge >= 0.3 is 5.97 Å². The molecule has 7 heteroatoms. The molecule has 2 aromatic rings. The van der Waals surface area contributed by atoms with Crippen molar-refractivity contribution in [3.05, 3.63) is 23.9 Å². The highest BCUT2D eigenvalue weighted by Crippen LogP contribution is 2.35. The van der Waals surface area contributed by atoms with Crippen molar-refractivity contribution < 1.29 is 19.4 Å². The highest BCUT2D eigenvalue weighted by molar-refractivity contribution is 5.94. The summed E-state index contributed by atoms with van der Waals surface area (Å²) in [4.78, 5) is 12.6. The van der Waals surface area contributed by atoms with Crippen LogP contribution < -0.4 is 9.47 Å². The molecule has 0 bridgehead atoms. The van der Waals surface area contributed by atoms with Crippen LogP contribution in [-0.2, 0) is 7.05 Å². The molecular weight excluding hydrogens is 250 g/mol. The van der Waals surface area contributed by atoms with Gasteiger partial charge in [-0.1, -0.05) is 0 Å². The third-order valence-electron chi connectivity index (χ3n) is 2.61. The van der Waals surface area contributed by atoms with Gasteiger partial charge in [-0.05, 0) is 12.1 Å².